The molecule has 1 atom stereocenters. The number of furan rings is 1. The zero-order valence-corrected chi connectivity index (χ0v) is 10.4. The van der Waals surface area contributed by atoms with Gasteiger partial charge < -0.3 is 14.9 Å². The molecular formula is C13H17N3O2. The molecule has 0 aliphatic carbocycles. The largest absolute Gasteiger partial charge is 0.481 e. The van der Waals surface area contributed by atoms with Crippen LogP contribution in [0.1, 0.15) is 17.9 Å². The maximum atomic E-state index is 6.07. The fourth-order valence-electron chi connectivity index (χ4n) is 1.75. The van der Waals surface area contributed by atoms with E-state index < -0.39 is 0 Å². The molecule has 1 unspecified atom stereocenters. The molecule has 0 fully saturated rings. The molecule has 2 aromatic rings. The zero-order chi connectivity index (χ0) is 12.8. The van der Waals surface area contributed by atoms with Gasteiger partial charge in [0.2, 0.25) is 5.88 Å². The molecule has 5 nitrogen and oxygen atoms in total. The molecule has 0 aliphatic heterocycles. The van der Waals surface area contributed by atoms with Gasteiger partial charge in [-0.3, -0.25) is 0 Å². The predicted octanol–water partition coefficient (Wildman–Crippen LogP) is 1.58. The standard InChI is InChI=1S/C13H17N3O2/c1-17-13-8-11(15-9-16-13)7-10(14)4-5-12-3-2-6-18-12/h2-3,6,8-10H,4-5,7,14H2,1H3. The molecule has 0 aliphatic rings. The smallest absolute Gasteiger partial charge is 0.216 e. The van der Waals surface area contributed by atoms with Crippen molar-refractivity contribution in [3.8, 4) is 5.88 Å². The Bertz CT molecular complexity index is 471. The van der Waals surface area contributed by atoms with Crippen LogP contribution in [0, 0.1) is 0 Å². The van der Waals surface area contributed by atoms with E-state index in [9.17, 15) is 0 Å². The molecular weight excluding hydrogens is 230 g/mol. The lowest BCUT2D eigenvalue weighted by Crippen LogP contribution is -2.24. The summed E-state index contributed by atoms with van der Waals surface area (Å²) in [5, 5.41) is 0. The van der Waals surface area contributed by atoms with Gasteiger partial charge in [0.1, 0.15) is 12.1 Å². The topological polar surface area (TPSA) is 74.2 Å². The van der Waals surface area contributed by atoms with Gasteiger partial charge in [-0.2, -0.15) is 0 Å². The lowest BCUT2D eigenvalue weighted by atomic mass is 10.1. The highest BCUT2D eigenvalue weighted by atomic mass is 16.5. The van der Waals surface area contributed by atoms with Crippen molar-refractivity contribution in [1.29, 1.82) is 0 Å². The Kier molecular flexibility index (Phi) is 4.30. The summed E-state index contributed by atoms with van der Waals surface area (Å²) in [6.45, 7) is 0. The summed E-state index contributed by atoms with van der Waals surface area (Å²) in [5.41, 5.74) is 6.97. The van der Waals surface area contributed by atoms with E-state index in [1.807, 2.05) is 18.2 Å². The van der Waals surface area contributed by atoms with E-state index in [1.54, 1.807) is 13.4 Å². The Morgan fingerprint density at radius 3 is 3.06 bits per heavy atom. The quantitative estimate of drug-likeness (QED) is 0.838. The number of methoxy groups -OCH3 is 1. The van der Waals surface area contributed by atoms with Crippen molar-refractivity contribution in [3.05, 3.63) is 42.2 Å². The highest BCUT2D eigenvalue weighted by molar-refractivity contribution is 5.14. The number of aryl methyl sites for hydroxylation is 1. The third-order valence-electron chi connectivity index (χ3n) is 2.72. The van der Waals surface area contributed by atoms with Crippen molar-refractivity contribution >= 4 is 0 Å². The molecule has 5 heteroatoms. The summed E-state index contributed by atoms with van der Waals surface area (Å²) >= 11 is 0. The third kappa shape index (κ3) is 3.56. The van der Waals surface area contributed by atoms with E-state index in [2.05, 4.69) is 9.97 Å². The van der Waals surface area contributed by atoms with Gasteiger partial charge in [0.05, 0.1) is 13.4 Å². The van der Waals surface area contributed by atoms with Crippen molar-refractivity contribution in [3.63, 3.8) is 0 Å². The van der Waals surface area contributed by atoms with Crippen molar-refractivity contribution in [2.45, 2.75) is 25.3 Å². The highest BCUT2D eigenvalue weighted by Crippen LogP contribution is 2.10. The minimum atomic E-state index is 0.0507. The van der Waals surface area contributed by atoms with Crippen LogP contribution in [0.25, 0.3) is 0 Å². The van der Waals surface area contributed by atoms with E-state index in [1.165, 1.54) is 6.33 Å². The molecule has 0 amide bonds. The number of ether oxygens (including phenoxy) is 1. The molecule has 18 heavy (non-hydrogen) atoms. The van der Waals surface area contributed by atoms with Crippen LogP contribution in [0.15, 0.2) is 35.2 Å². The van der Waals surface area contributed by atoms with Crippen LogP contribution < -0.4 is 10.5 Å². The van der Waals surface area contributed by atoms with Gasteiger partial charge in [-0.05, 0) is 18.6 Å². The van der Waals surface area contributed by atoms with E-state index in [4.69, 9.17) is 14.9 Å². The summed E-state index contributed by atoms with van der Waals surface area (Å²) in [6.07, 6.45) is 5.58. The summed E-state index contributed by atoms with van der Waals surface area (Å²) in [4.78, 5) is 8.14. The van der Waals surface area contributed by atoms with Crippen molar-refractivity contribution in [2.24, 2.45) is 5.73 Å². The van der Waals surface area contributed by atoms with Gasteiger partial charge in [-0.1, -0.05) is 0 Å². The van der Waals surface area contributed by atoms with Crippen LogP contribution in [-0.2, 0) is 12.8 Å². The second-order valence-electron chi connectivity index (χ2n) is 4.13. The molecule has 2 aromatic heterocycles. The summed E-state index contributed by atoms with van der Waals surface area (Å²) in [6, 6.07) is 5.71. The second-order valence-corrected chi connectivity index (χ2v) is 4.13. The normalized spacial score (nSPS) is 12.3. The fourth-order valence-corrected chi connectivity index (χ4v) is 1.75. The maximum Gasteiger partial charge on any atom is 0.216 e. The number of nitrogens with zero attached hydrogens (tertiary/aromatic N) is 2. The molecule has 0 aromatic carbocycles. The molecule has 0 spiro atoms. The van der Waals surface area contributed by atoms with Crippen molar-refractivity contribution < 1.29 is 9.15 Å². The molecule has 0 saturated heterocycles. The fraction of sp³-hybridized carbons (Fsp3) is 0.385. The van der Waals surface area contributed by atoms with Gasteiger partial charge in [0, 0.05) is 30.6 Å². The van der Waals surface area contributed by atoms with Crippen LogP contribution in [0.4, 0.5) is 0 Å². The lowest BCUT2D eigenvalue weighted by molar-refractivity contribution is 0.395. The number of aromatic nitrogens is 2. The Balaban J connectivity index is 1.84. The molecule has 0 radical (unpaired) electrons. The average Bonchev–Trinajstić information content (AvgIpc) is 2.90. The van der Waals surface area contributed by atoms with Crippen LogP contribution in [-0.4, -0.2) is 23.1 Å². The van der Waals surface area contributed by atoms with E-state index >= 15 is 0 Å². The summed E-state index contributed by atoms with van der Waals surface area (Å²) in [7, 11) is 1.59. The first kappa shape index (κ1) is 12.6. The number of nitrogens with two attached hydrogens (primary N) is 1. The SMILES string of the molecule is COc1cc(CC(N)CCc2ccco2)ncn1. The Labute approximate surface area is 106 Å². The minimum absolute atomic E-state index is 0.0507. The summed E-state index contributed by atoms with van der Waals surface area (Å²) < 4.78 is 10.3. The third-order valence-corrected chi connectivity index (χ3v) is 2.72. The van der Waals surface area contributed by atoms with Crippen LogP contribution in [0.3, 0.4) is 0 Å². The maximum absolute atomic E-state index is 6.07. The van der Waals surface area contributed by atoms with Gasteiger partial charge in [-0.25, -0.2) is 9.97 Å². The molecule has 2 rings (SSSR count). The zero-order valence-electron chi connectivity index (χ0n) is 10.4. The highest BCUT2D eigenvalue weighted by Gasteiger charge is 2.08. The van der Waals surface area contributed by atoms with Crippen LogP contribution >= 0.6 is 0 Å². The molecule has 0 saturated carbocycles. The number of hydrogen-bond donors (Lipinski definition) is 1. The van der Waals surface area contributed by atoms with Crippen molar-refractivity contribution in [1.82, 2.24) is 9.97 Å². The van der Waals surface area contributed by atoms with E-state index in [-0.39, 0.29) is 6.04 Å². The van der Waals surface area contributed by atoms with Gasteiger partial charge in [-0.15, -0.1) is 0 Å². The number of hydrogen-bond acceptors (Lipinski definition) is 5. The Morgan fingerprint density at radius 2 is 2.33 bits per heavy atom. The monoisotopic (exact) mass is 247 g/mol. The molecule has 2 heterocycles. The molecule has 96 valence electrons. The molecule has 2 N–H and O–H groups in total. The molecule has 0 bridgehead atoms. The number of rotatable bonds is 6. The Hall–Kier alpha value is -1.88. The van der Waals surface area contributed by atoms with E-state index in [0.29, 0.717) is 12.3 Å². The van der Waals surface area contributed by atoms with Gasteiger partial charge >= 0.3 is 0 Å². The first-order valence-electron chi connectivity index (χ1n) is 5.91. The first-order valence-corrected chi connectivity index (χ1v) is 5.91. The average molecular weight is 247 g/mol. The first-order chi connectivity index (χ1) is 8.78. The van der Waals surface area contributed by atoms with Crippen LogP contribution in [0.2, 0.25) is 0 Å². The summed E-state index contributed by atoms with van der Waals surface area (Å²) in [5.74, 6) is 1.53. The minimum Gasteiger partial charge on any atom is -0.481 e. The van der Waals surface area contributed by atoms with Gasteiger partial charge in [0.25, 0.3) is 0 Å². The van der Waals surface area contributed by atoms with Crippen LogP contribution in [0.5, 0.6) is 5.88 Å². The second kappa shape index (κ2) is 6.16. The van der Waals surface area contributed by atoms with Crippen molar-refractivity contribution in [2.75, 3.05) is 7.11 Å². The van der Waals surface area contributed by atoms with E-state index in [0.717, 1.165) is 24.3 Å². The Morgan fingerprint density at radius 1 is 1.44 bits per heavy atom. The predicted molar refractivity (Wildman–Crippen MR) is 67.3 cm³/mol. The van der Waals surface area contributed by atoms with Gasteiger partial charge in [0.15, 0.2) is 0 Å². The lowest BCUT2D eigenvalue weighted by Gasteiger charge is -2.10.